The molecule has 30 heavy (non-hydrogen) atoms. The first-order valence-corrected chi connectivity index (χ1v) is 10.5. The normalized spacial score (nSPS) is 19.1. The summed E-state index contributed by atoms with van der Waals surface area (Å²) in [7, 11) is 1.81. The van der Waals surface area contributed by atoms with E-state index >= 15 is 0 Å². The van der Waals surface area contributed by atoms with Gasteiger partial charge in [0, 0.05) is 19.2 Å². The molecule has 6 heteroatoms. The monoisotopic (exact) mass is 402 g/mol. The van der Waals surface area contributed by atoms with Gasteiger partial charge >= 0.3 is 0 Å². The average Bonchev–Trinajstić information content (AvgIpc) is 3.07. The molecule has 2 N–H and O–H groups in total. The van der Waals surface area contributed by atoms with Gasteiger partial charge in [0.2, 0.25) is 11.8 Å². The summed E-state index contributed by atoms with van der Waals surface area (Å²) in [6.45, 7) is 0.851. The van der Waals surface area contributed by atoms with Crippen molar-refractivity contribution in [2.45, 2.75) is 44.2 Å². The first-order chi connectivity index (χ1) is 14.5. The number of nitriles is 1. The maximum Gasteiger partial charge on any atom is 0.238 e. The fourth-order valence-corrected chi connectivity index (χ4v) is 4.17. The van der Waals surface area contributed by atoms with Crippen LogP contribution in [0.1, 0.15) is 30.4 Å². The van der Waals surface area contributed by atoms with E-state index in [-0.39, 0.29) is 17.9 Å². The fourth-order valence-electron chi connectivity index (χ4n) is 4.17. The van der Waals surface area contributed by atoms with Crippen molar-refractivity contribution in [2.24, 2.45) is 0 Å². The standard InChI is InChI=1S/C24H26N4O2/c1-28-22-13-18(9-10-19(22)14-23(28)29)17-7-5-16(6-8-17)12-20(15-25)27-24(30)21-4-2-3-11-26-21/h5-10,13,20-21,26H,2-4,11-12,14H2,1H3,(H,27,30)/t20-,21-/m0/s1. The van der Waals surface area contributed by atoms with Gasteiger partial charge in [-0.1, -0.05) is 42.8 Å². The summed E-state index contributed by atoms with van der Waals surface area (Å²) in [5.41, 5.74) is 5.12. The van der Waals surface area contributed by atoms with E-state index in [1.165, 1.54) is 0 Å². The van der Waals surface area contributed by atoms with Gasteiger partial charge in [-0.25, -0.2) is 0 Å². The third-order valence-electron chi connectivity index (χ3n) is 5.99. The summed E-state index contributed by atoms with van der Waals surface area (Å²) in [5.74, 6) is 0.0280. The minimum absolute atomic E-state index is 0.0883. The lowest BCUT2D eigenvalue weighted by molar-refractivity contribution is -0.124. The van der Waals surface area contributed by atoms with Crippen LogP contribution >= 0.6 is 0 Å². The molecule has 2 aromatic rings. The molecule has 6 nitrogen and oxygen atoms in total. The molecule has 2 aliphatic heterocycles. The number of carbonyl (C=O) groups excluding carboxylic acids is 2. The minimum Gasteiger partial charge on any atom is -0.339 e. The Morgan fingerprint density at radius 3 is 2.70 bits per heavy atom. The number of nitrogens with zero attached hydrogens (tertiary/aromatic N) is 2. The molecule has 2 atom stereocenters. The highest BCUT2D eigenvalue weighted by Gasteiger charge is 2.24. The van der Waals surface area contributed by atoms with Crippen molar-refractivity contribution in [3.8, 4) is 17.2 Å². The van der Waals surface area contributed by atoms with Crippen LogP contribution in [0.3, 0.4) is 0 Å². The molecule has 2 heterocycles. The van der Waals surface area contributed by atoms with E-state index in [0.29, 0.717) is 12.8 Å². The number of benzene rings is 2. The lowest BCUT2D eigenvalue weighted by Crippen LogP contribution is -2.49. The molecule has 154 valence electrons. The summed E-state index contributed by atoms with van der Waals surface area (Å²) < 4.78 is 0. The Balaban J connectivity index is 1.41. The highest BCUT2D eigenvalue weighted by atomic mass is 16.2. The van der Waals surface area contributed by atoms with Gasteiger partial charge in [-0.2, -0.15) is 5.26 Å². The van der Waals surface area contributed by atoms with E-state index in [1.807, 2.05) is 42.5 Å². The summed E-state index contributed by atoms with van der Waals surface area (Å²) in [5, 5.41) is 15.6. The molecule has 0 spiro atoms. The Morgan fingerprint density at radius 1 is 1.23 bits per heavy atom. The van der Waals surface area contributed by atoms with Gasteiger partial charge in [0.15, 0.2) is 0 Å². The SMILES string of the molecule is CN1C(=O)Cc2ccc(-c3ccc(C[C@@H](C#N)NC(=O)[C@@H]4CCCCN4)cc3)cc21. The number of fused-ring (bicyclic) bond motifs is 1. The van der Waals surface area contributed by atoms with Gasteiger partial charge in [-0.05, 0) is 47.7 Å². The number of piperidine rings is 1. The van der Waals surface area contributed by atoms with Crippen molar-refractivity contribution in [2.75, 3.05) is 18.5 Å². The molecule has 1 saturated heterocycles. The number of anilines is 1. The molecule has 0 unspecified atom stereocenters. The van der Waals surface area contributed by atoms with E-state index in [4.69, 9.17) is 0 Å². The molecular formula is C24H26N4O2. The van der Waals surface area contributed by atoms with Crippen molar-refractivity contribution in [1.29, 1.82) is 5.26 Å². The van der Waals surface area contributed by atoms with Crippen LogP contribution < -0.4 is 15.5 Å². The molecular weight excluding hydrogens is 376 g/mol. The molecule has 0 bridgehead atoms. The van der Waals surface area contributed by atoms with Gasteiger partial charge in [0.1, 0.15) is 6.04 Å². The number of likely N-dealkylation sites (N-methyl/N-ethyl adjacent to an activating group) is 1. The summed E-state index contributed by atoms with van der Waals surface area (Å²) in [6, 6.07) is 15.6. The van der Waals surface area contributed by atoms with Crippen LogP contribution in [-0.2, 0) is 22.4 Å². The first-order valence-electron chi connectivity index (χ1n) is 10.5. The van der Waals surface area contributed by atoms with Crippen molar-refractivity contribution >= 4 is 17.5 Å². The molecule has 4 rings (SSSR count). The number of hydrogen-bond donors (Lipinski definition) is 2. The van der Waals surface area contributed by atoms with Crippen LogP contribution in [0.15, 0.2) is 42.5 Å². The Kier molecular flexibility index (Phi) is 5.82. The lowest BCUT2D eigenvalue weighted by Gasteiger charge is -2.23. The molecule has 0 radical (unpaired) electrons. The van der Waals surface area contributed by atoms with Crippen LogP contribution in [0.5, 0.6) is 0 Å². The van der Waals surface area contributed by atoms with Crippen molar-refractivity contribution in [3.63, 3.8) is 0 Å². The van der Waals surface area contributed by atoms with E-state index in [0.717, 1.165) is 53.7 Å². The van der Waals surface area contributed by atoms with E-state index in [1.54, 1.807) is 11.9 Å². The van der Waals surface area contributed by atoms with Gasteiger partial charge in [0.25, 0.3) is 0 Å². The zero-order valence-electron chi connectivity index (χ0n) is 17.1. The predicted molar refractivity (Wildman–Crippen MR) is 116 cm³/mol. The average molecular weight is 402 g/mol. The molecule has 0 aromatic heterocycles. The zero-order chi connectivity index (χ0) is 21.1. The van der Waals surface area contributed by atoms with Crippen molar-refractivity contribution < 1.29 is 9.59 Å². The fraction of sp³-hybridized carbons (Fsp3) is 0.375. The number of amides is 2. The Hall–Kier alpha value is -3.17. The second-order valence-corrected chi connectivity index (χ2v) is 8.07. The summed E-state index contributed by atoms with van der Waals surface area (Å²) >= 11 is 0. The molecule has 0 saturated carbocycles. The highest BCUT2D eigenvalue weighted by Crippen LogP contribution is 2.32. The lowest BCUT2D eigenvalue weighted by atomic mass is 9.99. The predicted octanol–water partition coefficient (Wildman–Crippen LogP) is 2.57. The first kappa shape index (κ1) is 20.1. The maximum absolute atomic E-state index is 12.4. The number of hydrogen-bond acceptors (Lipinski definition) is 4. The third kappa shape index (κ3) is 4.22. The molecule has 0 aliphatic carbocycles. The van der Waals surface area contributed by atoms with Crippen LogP contribution in [-0.4, -0.2) is 37.5 Å². The summed E-state index contributed by atoms with van der Waals surface area (Å²) in [4.78, 5) is 26.0. The molecule has 2 aromatic carbocycles. The van der Waals surface area contributed by atoms with Crippen LogP contribution in [0, 0.1) is 11.3 Å². The minimum atomic E-state index is -0.549. The third-order valence-corrected chi connectivity index (χ3v) is 5.99. The number of carbonyl (C=O) groups is 2. The second-order valence-electron chi connectivity index (χ2n) is 8.07. The number of rotatable bonds is 5. The van der Waals surface area contributed by atoms with Gasteiger partial charge < -0.3 is 15.5 Å². The second kappa shape index (κ2) is 8.68. The van der Waals surface area contributed by atoms with E-state index in [2.05, 4.69) is 16.7 Å². The largest absolute Gasteiger partial charge is 0.339 e. The molecule has 2 amide bonds. The molecule has 2 aliphatic rings. The Labute approximate surface area is 176 Å². The highest BCUT2D eigenvalue weighted by molar-refractivity contribution is 6.01. The topological polar surface area (TPSA) is 85.2 Å². The maximum atomic E-state index is 12.4. The van der Waals surface area contributed by atoms with Crippen molar-refractivity contribution in [1.82, 2.24) is 10.6 Å². The summed E-state index contributed by atoms with van der Waals surface area (Å²) in [6.07, 6.45) is 3.88. The Morgan fingerprint density at radius 2 is 2.00 bits per heavy atom. The quantitative estimate of drug-likeness (QED) is 0.805. The smallest absolute Gasteiger partial charge is 0.238 e. The zero-order valence-corrected chi connectivity index (χ0v) is 17.1. The van der Waals surface area contributed by atoms with Gasteiger partial charge in [-0.3, -0.25) is 9.59 Å². The van der Waals surface area contributed by atoms with E-state index in [9.17, 15) is 14.9 Å². The van der Waals surface area contributed by atoms with E-state index < -0.39 is 6.04 Å². The van der Waals surface area contributed by atoms with Crippen LogP contribution in [0.2, 0.25) is 0 Å². The van der Waals surface area contributed by atoms with Crippen molar-refractivity contribution in [3.05, 3.63) is 53.6 Å². The Bertz CT molecular complexity index is 987. The van der Waals surface area contributed by atoms with Crippen LogP contribution in [0.25, 0.3) is 11.1 Å². The van der Waals surface area contributed by atoms with Gasteiger partial charge in [-0.15, -0.1) is 0 Å². The number of nitrogens with one attached hydrogen (secondary N) is 2. The molecule has 1 fully saturated rings. The van der Waals surface area contributed by atoms with Crippen LogP contribution in [0.4, 0.5) is 5.69 Å². The van der Waals surface area contributed by atoms with Gasteiger partial charge in [0.05, 0.1) is 18.5 Å².